The Balaban J connectivity index is 1.53. The van der Waals surface area contributed by atoms with Gasteiger partial charge in [0.05, 0.1) is 17.3 Å². The number of nitrogens with zero attached hydrogens (tertiary/aromatic N) is 1. The highest BCUT2D eigenvalue weighted by atomic mass is 32.2. The van der Waals surface area contributed by atoms with Crippen molar-refractivity contribution in [3.63, 3.8) is 0 Å². The van der Waals surface area contributed by atoms with Crippen LogP contribution in [0.25, 0.3) is 0 Å². The van der Waals surface area contributed by atoms with Gasteiger partial charge in [0, 0.05) is 10.6 Å². The largest absolute Gasteiger partial charge is 0.456 e. The van der Waals surface area contributed by atoms with Crippen molar-refractivity contribution in [2.75, 3.05) is 24.7 Å². The van der Waals surface area contributed by atoms with Crippen LogP contribution in [0.4, 0.5) is 10.5 Å². The zero-order valence-electron chi connectivity index (χ0n) is 18.2. The lowest BCUT2D eigenvalue weighted by molar-refractivity contribution is -0.136. The molecular formula is C24H25N3O4S. The van der Waals surface area contributed by atoms with E-state index in [1.54, 1.807) is 11.8 Å². The molecule has 2 aromatic rings. The second kappa shape index (κ2) is 9.08. The number of thioether (sulfide) groups is 1. The first-order valence-electron chi connectivity index (χ1n) is 10.4. The van der Waals surface area contributed by atoms with Gasteiger partial charge in [-0.15, -0.1) is 11.8 Å². The standard InChI is InChI=1S/C24H25N3O4S/c1-14(2)15-4-8-17(9-5-15)25-20(28)12-27-19-13-31-23(29)21(19)22(26-24(27)30)16-6-10-18(32-3)11-7-16/h4-11,14,22H,12-13H2,1-3H3,(H,25,28)(H,26,30). The lowest BCUT2D eigenvalue weighted by Gasteiger charge is -2.32. The Bertz CT molecular complexity index is 1080. The van der Waals surface area contributed by atoms with E-state index in [0.717, 1.165) is 10.5 Å². The van der Waals surface area contributed by atoms with Crippen molar-refractivity contribution in [3.8, 4) is 0 Å². The van der Waals surface area contributed by atoms with Crippen LogP contribution >= 0.6 is 11.8 Å². The number of rotatable bonds is 6. The molecule has 32 heavy (non-hydrogen) atoms. The number of ether oxygens (including phenoxy) is 1. The van der Waals surface area contributed by atoms with Crippen LogP contribution in [-0.4, -0.2) is 42.2 Å². The van der Waals surface area contributed by atoms with Crippen molar-refractivity contribution in [2.24, 2.45) is 0 Å². The molecule has 0 aromatic heterocycles. The van der Waals surface area contributed by atoms with Gasteiger partial charge in [0.25, 0.3) is 0 Å². The molecule has 0 saturated heterocycles. The number of anilines is 1. The normalized spacial score (nSPS) is 17.9. The van der Waals surface area contributed by atoms with Gasteiger partial charge in [0.2, 0.25) is 5.91 Å². The molecule has 1 atom stereocenters. The molecule has 2 aromatic carbocycles. The van der Waals surface area contributed by atoms with Crippen molar-refractivity contribution in [1.82, 2.24) is 10.2 Å². The summed E-state index contributed by atoms with van der Waals surface area (Å²) in [7, 11) is 0. The molecule has 1 unspecified atom stereocenters. The number of carbonyl (C=O) groups excluding carboxylic acids is 3. The Morgan fingerprint density at radius 2 is 1.84 bits per heavy atom. The van der Waals surface area contributed by atoms with Gasteiger partial charge in [0.1, 0.15) is 13.2 Å². The maximum atomic E-state index is 12.9. The number of amides is 3. The maximum Gasteiger partial charge on any atom is 0.338 e. The van der Waals surface area contributed by atoms with E-state index in [1.165, 1.54) is 10.5 Å². The number of esters is 1. The van der Waals surface area contributed by atoms with E-state index >= 15 is 0 Å². The van der Waals surface area contributed by atoms with E-state index < -0.39 is 18.0 Å². The monoisotopic (exact) mass is 451 g/mol. The average molecular weight is 452 g/mol. The van der Waals surface area contributed by atoms with Crippen LogP contribution in [0.5, 0.6) is 0 Å². The van der Waals surface area contributed by atoms with Crippen molar-refractivity contribution in [3.05, 3.63) is 70.9 Å². The van der Waals surface area contributed by atoms with Gasteiger partial charge in [-0.05, 0) is 47.6 Å². The Labute approximate surface area is 191 Å². The highest BCUT2D eigenvalue weighted by Gasteiger charge is 2.42. The van der Waals surface area contributed by atoms with E-state index in [0.29, 0.717) is 22.9 Å². The second-order valence-corrected chi connectivity index (χ2v) is 8.88. The topological polar surface area (TPSA) is 87.7 Å². The van der Waals surface area contributed by atoms with E-state index in [4.69, 9.17) is 4.74 Å². The van der Waals surface area contributed by atoms with Crippen LogP contribution in [0, 0.1) is 0 Å². The minimum atomic E-state index is -0.605. The number of hydrogen-bond donors (Lipinski definition) is 2. The molecule has 0 saturated carbocycles. The summed E-state index contributed by atoms with van der Waals surface area (Å²) in [5.74, 6) is -0.438. The fourth-order valence-electron chi connectivity index (χ4n) is 3.82. The molecule has 2 N–H and O–H groups in total. The Kier molecular flexibility index (Phi) is 6.23. The summed E-state index contributed by atoms with van der Waals surface area (Å²) in [4.78, 5) is 40.4. The molecule has 0 spiro atoms. The minimum absolute atomic E-state index is 0.0304. The van der Waals surface area contributed by atoms with E-state index in [2.05, 4.69) is 24.5 Å². The molecule has 4 rings (SSSR count). The van der Waals surface area contributed by atoms with E-state index in [9.17, 15) is 14.4 Å². The summed E-state index contributed by atoms with van der Waals surface area (Å²) in [5, 5.41) is 5.66. The first kappa shape index (κ1) is 22.0. The number of urea groups is 1. The van der Waals surface area contributed by atoms with Crippen molar-refractivity contribution in [1.29, 1.82) is 0 Å². The highest BCUT2D eigenvalue weighted by Crippen LogP contribution is 2.35. The molecular weight excluding hydrogens is 426 g/mol. The molecule has 0 bridgehead atoms. The smallest absolute Gasteiger partial charge is 0.338 e. The van der Waals surface area contributed by atoms with Crippen LogP contribution in [0.2, 0.25) is 0 Å². The predicted octanol–water partition coefficient (Wildman–Crippen LogP) is 4.05. The van der Waals surface area contributed by atoms with Crippen LogP contribution in [0.3, 0.4) is 0 Å². The first-order valence-corrected chi connectivity index (χ1v) is 11.6. The minimum Gasteiger partial charge on any atom is -0.456 e. The molecule has 3 amide bonds. The van der Waals surface area contributed by atoms with Gasteiger partial charge < -0.3 is 15.4 Å². The summed E-state index contributed by atoms with van der Waals surface area (Å²) in [5.41, 5.74) is 3.42. The molecule has 166 valence electrons. The quantitative estimate of drug-likeness (QED) is 0.511. The van der Waals surface area contributed by atoms with Crippen molar-refractivity contribution >= 4 is 35.4 Å². The molecule has 2 heterocycles. The third-order valence-corrected chi connectivity index (χ3v) is 6.35. The molecule has 8 heteroatoms. The summed E-state index contributed by atoms with van der Waals surface area (Å²) < 4.78 is 5.23. The Hall–Kier alpha value is -3.26. The molecule has 0 fully saturated rings. The van der Waals surface area contributed by atoms with Gasteiger partial charge in [0.15, 0.2) is 0 Å². The summed E-state index contributed by atoms with van der Waals surface area (Å²) in [6.07, 6.45) is 1.98. The van der Waals surface area contributed by atoms with E-state index in [1.807, 2.05) is 54.8 Å². The van der Waals surface area contributed by atoms with Gasteiger partial charge in [-0.2, -0.15) is 0 Å². The number of benzene rings is 2. The van der Waals surface area contributed by atoms with Gasteiger partial charge in [-0.25, -0.2) is 9.59 Å². The molecule has 2 aliphatic rings. The van der Waals surface area contributed by atoms with Crippen LogP contribution in [0.1, 0.15) is 36.9 Å². The summed E-state index contributed by atoms with van der Waals surface area (Å²) in [6.45, 7) is 3.95. The predicted molar refractivity (Wildman–Crippen MR) is 123 cm³/mol. The first-order chi connectivity index (χ1) is 15.4. The van der Waals surface area contributed by atoms with Crippen LogP contribution in [0.15, 0.2) is 64.7 Å². The van der Waals surface area contributed by atoms with Crippen molar-refractivity contribution < 1.29 is 19.1 Å². The third-order valence-electron chi connectivity index (χ3n) is 5.61. The highest BCUT2D eigenvalue weighted by molar-refractivity contribution is 7.98. The maximum absolute atomic E-state index is 12.9. The fourth-order valence-corrected chi connectivity index (χ4v) is 4.23. The average Bonchev–Trinajstić information content (AvgIpc) is 3.17. The Morgan fingerprint density at radius 1 is 1.16 bits per heavy atom. The molecule has 7 nitrogen and oxygen atoms in total. The summed E-state index contributed by atoms with van der Waals surface area (Å²) >= 11 is 1.61. The second-order valence-electron chi connectivity index (χ2n) is 8.00. The van der Waals surface area contributed by atoms with Gasteiger partial charge >= 0.3 is 12.0 Å². The molecule has 0 radical (unpaired) electrons. The number of carbonyl (C=O) groups is 3. The van der Waals surface area contributed by atoms with Crippen LogP contribution in [-0.2, 0) is 14.3 Å². The molecule has 2 aliphatic heterocycles. The van der Waals surface area contributed by atoms with Gasteiger partial charge in [-0.1, -0.05) is 38.1 Å². The zero-order valence-corrected chi connectivity index (χ0v) is 19.0. The van der Waals surface area contributed by atoms with Crippen molar-refractivity contribution in [2.45, 2.75) is 30.7 Å². The fraction of sp³-hybridized carbons (Fsp3) is 0.292. The van der Waals surface area contributed by atoms with Gasteiger partial charge in [-0.3, -0.25) is 9.69 Å². The third kappa shape index (κ3) is 4.36. The number of nitrogens with one attached hydrogen (secondary N) is 2. The molecule has 0 aliphatic carbocycles. The number of cyclic esters (lactones) is 1. The zero-order chi connectivity index (χ0) is 22.8. The Morgan fingerprint density at radius 3 is 2.47 bits per heavy atom. The number of hydrogen-bond acceptors (Lipinski definition) is 5. The SMILES string of the molecule is CSc1ccc(C2NC(=O)N(CC(=O)Nc3ccc(C(C)C)cc3)C3=C2C(=O)OC3)cc1. The van der Waals surface area contributed by atoms with E-state index in [-0.39, 0.29) is 19.1 Å². The van der Waals surface area contributed by atoms with Crippen LogP contribution < -0.4 is 10.6 Å². The summed E-state index contributed by atoms with van der Waals surface area (Å²) in [6, 6.07) is 14.2. The lowest BCUT2D eigenvalue weighted by atomic mass is 9.96. The lowest BCUT2D eigenvalue weighted by Crippen LogP contribution is -2.49.